The van der Waals surface area contributed by atoms with Crippen molar-refractivity contribution >= 4 is 16.7 Å². The van der Waals surface area contributed by atoms with Gasteiger partial charge in [-0.05, 0) is 35.1 Å². The number of hydrogen-bond donors (Lipinski definition) is 2. The van der Waals surface area contributed by atoms with Crippen LogP contribution in [0, 0.1) is 5.92 Å². The van der Waals surface area contributed by atoms with Crippen LogP contribution in [0.4, 0.5) is 0 Å². The number of aliphatic hydroxyl groups is 1. The van der Waals surface area contributed by atoms with E-state index in [1.54, 1.807) is 0 Å². The summed E-state index contributed by atoms with van der Waals surface area (Å²) in [6, 6.07) is 14.8. The second kappa shape index (κ2) is 7.79. The molecule has 0 heterocycles. The molecule has 1 amide bonds. The molecule has 0 aliphatic heterocycles. The number of benzene rings is 2. The van der Waals surface area contributed by atoms with Crippen LogP contribution in [0.15, 0.2) is 42.5 Å². The lowest BCUT2D eigenvalue weighted by atomic mass is 10.0. The molecular weight excluding hydrogens is 262 g/mol. The summed E-state index contributed by atoms with van der Waals surface area (Å²) in [7, 11) is 0. The Balaban J connectivity index is 1.78. The molecule has 0 radical (unpaired) electrons. The maximum atomic E-state index is 11.7. The van der Waals surface area contributed by atoms with E-state index in [9.17, 15) is 4.79 Å². The number of hydrogen-bond acceptors (Lipinski definition) is 2. The highest BCUT2D eigenvalue weighted by Gasteiger charge is 2.05. The minimum atomic E-state index is 0.0658. The van der Waals surface area contributed by atoms with Crippen LogP contribution in [0.2, 0.25) is 0 Å². The van der Waals surface area contributed by atoms with Crippen LogP contribution < -0.4 is 5.32 Å². The molecule has 0 saturated carbocycles. The normalized spacial score (nSPS) is 12.3. The average Bonchev–Trinajstić information content (AvgIpc) is 2.52. The van der Waals surface area contributed by atoms with Gasteiger partial charge in [0.15, 0.2) is 0 Å². The van der Waals surface area contributed by atoms with Crippen molar-refractivity contribution < 1.29 is 9.90 Å². The standard InChI is InChI=1S/C18H23NO2/c1-14(13-20)12-19-18(21)8-4-5-15-9-10-16-6-2-3-7-17(16)11-15/h2-3,6-7,9-11,14,20H,4-5,8,12-13H2,1H3,(H,19,21). The van der Waals surface area contributed by atoms with Crippen molar-refractivity contribution in [3.63, 3.8) is 0 Å². The molecule has 3 heteroatoms. The van der Waals surface area contributed by atoms with E-state index < -0.39 is 0 Å². The molecule has 0 fully saturated rings. The van der Waals surface area contributed by atoms with Crippen molar-refractivity contribution in [3.8, 4) is 0 Å². The van der Waals surface area contributed by atoms with Crippen LogP contribution in [0.25, 0.3) is 10.8 Å². The van der Waals surface area contributed by atoms with Crippen LogP contribution >= 0.6 is 0 Å². The molecule has 1 unspecified atom stereocenters. The third kappa shape index (κ3) is 4.87. The molecule has 0 bridgehead atoms. The number of carbonyl (C=O) groups excluding carboxylic acids is 1. The summed E-state index contributed by atoms with van der Waals surface area (Å²) in [6.45, 7) is 2.57. The molecular formula is C18H23NO2. The minimum Gasteiger partial charge on any atom is -0.396 e. The van der Waals surface area contributed by atoms with Gasteiger partial charge in [-0.3, -0.25) is 4.79 Å². The van der Waals surface area contributed by atoms with Gasteiger partial charge in [-0.1, -0.05) is 49.4 Å². The summed E-state index contributed by atoms with van der Waals surface area (Å²) in [4.78, 5) is 11.7. The fraction of sp³-hybridized carbons (Fsp3) is 0.389. The zero-order valence-electron chi connectivity index (χ0n) is 12.5. The number of fused-ring (bicyclic) bond motifs is 1. The zero-order chi connectivity index (χ0) is 15.1. The predicted octanol–water partition coefficient (Wildman–Crippen LogP) is 2.91. The summed E-state index contributed by atoms with van der Waals surface area (Å²) in [5.41, 5.74) is 1.27. The first-order valence-corrected chi connectivity index (χ1v) is 7.54. The van der Waals surface area contributed by atoms with Crippen molar-refractivity contribution in [3.05, 3.63) is 48.0 Å². The van der Waals surface area contributed by atoms with Gasteiger partial charge in [0.25, 0.3) is 0 Å². The van der Waals surface area contributed by atoms with E-state index in [0.29, 0.717) is 13.0 Å². The Morgan fingerprint density at radius 2 is 1.95 bits per heavy atom. The number of nitrogens with one attached hydrogen (secondary N) is 1. The predicted molar refractivity (Wildman–Crippen MR) is 86.1 cm³/mol. The van der Waals surface area contributed by atoms with Gasteiger partial charge in [0.05, 0.1) is 0 Å². The van der Waals surface area contributed by atoms with Crippen LogP contribution in [0.5, 0.6) is 0 Å². The van der Waals surface area contributed by atoms with Crippen molar-refractivity contribution in [2.75, 3.05) is 13.2 Å². The van der Waals surface area contributed by atoms with E-state index in [0.717, 1.165) is 12.8 Å². The first-order chi connectivity index (χ1) is 10.2. The lowest BCUT2D eigenvalue weighted by Gasteiger charge is -2.09. The zero-order valence-corrected chi connectivity index (χ0v) is 12.5. The van der Waals surface area contributed by atoms with Gasteiger partial charge < -0.3 is 10.4 Å². The molecule has 1 atom stereocenters. The summed E-state index contributed by atoms with van der Waals surface area (Å²) < 4.78 is 0. The molecule has 2 N–H and O–H groups in total. The fourth-order valence-corrected chi connectivity index (χ4v) is 2.29. The van der Waals surface area contributed by atoms with Gasteiger partial charge >= 0.3 is 0 Å². The summed E-state index contributed by atoms with van der Waals surface area (Å²) in [6.07, 6.45) is 2.29. The molecule has 2 rings (SSSR count). The van der Waals surface area contributed by atoms with Gasteiger partial charge in [-0.2, -0.15) is 0 Å². The monoisotopic (exact) mass is 285 g/mol. The molecule has 0 aliphatic carbocycles. The second-order valence-corrected chi connectivity index (χ2v) is 5.63. The van der Waals surface area contributed by atoms with Gasteiger partial charge in [-0.15, -0.1) is 0 Å². The number of aryl methyl sites for hydroxylation is 1. The van der Waals surface area contributed by atoms with Crippen LogP contribution in [-0.4, -0.2) is 24.2 Å². The van der Waals surface area contributed by atoms with Gasteiger partial charge in [0.2, 0.25) is 5.91 Å². The summed E-state index contributed by atoms with van der Waals surface area (Å²) in [5, 5.41) is 14.3. The molecule has 2 aromatic rings. The second-order valence-electron chi connectivity index (χ2n) is 5.63. The Morgan fingerprint density at radius 1 is 1.19 bits per heavy atom. The first-order valence-electron chi connectivity index (χ1n) is 7.54. The Kier molecular flexibility index (Phi) is 5.76. The average molecular weight is 285 g/mol. The van der Waals surface area contributed by atoms with E-state index in [1.165, 1.54) is 16.3 Å². The molecule has 3 nitrogen and oxygen atoms in total. The quantitative estimate of drug-likeness (QED) is 0.822. The Morgan fingerprint density at radius 3 is 2.71 bits per heavy atom. The lowest BCUT2D eigenvalue weighted by molar-refractivity contribution is -0.121. The van der Waals surface area contributed by atoms with E-state index in [1.807, 2.05) is 19.1 Å². The Labute approximate surface area is 126 Å². The minimum absolute atomic E-state index is 0.0658. The lowest BCUT2D eigenvalue weighted by Crippen LogP contribution is -2.29. The highest BCUT2D eigenvalue weighted by Crippen LogP contribution is 2.16. The molecule has 0 aromatic heterocycles. The van der Waals surface area contributed by atoms with Crippen LogP contribution in [-0.2, 0) is 11.2 Å². The highest BCUT2D eigenvalue weighted by molar-refractivity contribution is 5.83. The third-order valence-electron chi connectivity index (χ3n) is 3.64. The first kappa shape index (κ1) is 15.5. The molecule has 2 aromatic carbocycles. The maximum Gasteiger partial charge on any atom is 0.220 e. The number of carbonyl (C=O) groups is 1. The van der Waals surface area contributed by atoms with Gasteiger partial charge in [0, 0.05) is 19.6 Å². The van der Waals surface area contributed by atoms with Crippen LogP contribution in [0.3, 0.4) is 0 Å². The smallest absolute Gasteiger partial charge is 0.220 e. The Bertz CT molecular complexity index is 595. The van der Waals surface area contributed by atoms with Gasteiger partial charge in [-0.25, -0.2) is 0 Å². The largest absolute Gasteiger partial charge is 0.396 e. The summed E-state index contributed by atoms with van der Waals surface area (Å²) in [5.74, 6) is 0.186. The fourth-order valence-electron chi connectivity index (χ4n) is 2.29. The Hall–Kier alpha value is -1.87. The van der Waals surface area contributed by atoms with E-state index >= 15 is 0 Å². The van der Waals surface area contributed by atoms with Crippen LogP contribution in [0.1, 0.15) is 25.3 Å². The number of amides is 1. The third-order valence-corrected chi connectivity index (χ3v) is 3.64. The maximum absolute atomic E-state index is 11.7. The number of rotatable bonds is 7. The molecule has 0 aliphatic rings. The van der Waals surface area contributed by atoms with Crippen molar-refractivity contribution in [1.82, 2.24) is 5.32 Å². The molecule has 0 spiro atoms. The number of aliphatic hydroxyl groups excluding tert-OH is 1. The van der Waals surface area contributed by atoms with Crippen molar-refractivity contribution in [2.45, 2.75) is 26.2 Å². The van der Waals surface area contributed by atoms with E-state index in [4.69, 9.17) is 5.11 Å². The van der Waals surface area contributed by atoms with Gasteiger partial charge in [0.1, 0.15) is 0 Å². The topological polar surface area (TPSA) is 49.3 Å². The van der Waals surface area contributed by atoms with Crippen molar-refractivity contribution in [1.29, 1.82) is 0 Å². The summed E-state index contributed by atoms with van der Waals surface area (Å²) >= 11 is 0. The highest BCUT2D eigenvalue weighted by atomic mass is 16.3. The SMILES string of the molecule is CC(CO)CNC(=O)CCCc1ccc2ccccc2c1. The van der Waals surface area contributed by atoms with E-state index in [2.05, 4.69) is 35.6 Å². The molecule has 112 valence electrons. The molecule has 21 heavy (non-hydrogen) atoms. The molecule has 0 saturated heterocycles. The van der Waals surface area contributed by atoms with E-state index in [-0.39, 0.29) is 18.4 Å². The van der Waals surface area contributed by atoms with Crippen molar-refractivity contribution in [2.24, 2.45) is 5.92 Å².